The van der Waals surface area contributed by atoms with Crippen molar-refractivity contribution in [1.29, 1.82) is 5.26 Å². The van der Waals surface area contributed by atoms with Gasteiger partial charge in [0.15, 0.2) is 5.82 Å². The number of nitrogens with one attached hydrogen (secondary N) is 1. The van der Waals surface area contributed by atoms with Crippen molar-refractivity contribution in [2.45, 2.75) is 45.2 Å². The van der Waals surface area contributed by atoms with E-state index in [0.717, 1.165) is 36.9 Å². The van der Waals surface area contributed by atoms with Gasteiger partial charge >= 0.3 is 0 Å². The molecule has 0 aromatic carbocycles. The van der Waals surface area contributed by atoms with Crippen LogP contribution in [0.4, 0.5) is 5.82 Å². The highest BCUT2D eigenvalue weighted by Gasteiger charge is 2.22. The summed E-state index contributed by atoms with van der Waals surface area (Å²) in [6, 6.07) is 5.98. The zero-order chi connectivity index (χ0) is 14.8. The number of nitriles is 1. The largest absolute Gasteiger partial charge is 0.365 e. The zero-order valence-electron chi connectivity index (χ0n) is 12.2. The van der Waals surface area contributed by atoms with Gasteiger partial charge in [-0.05, 0) is 18.6 Å². The predicted octanol–water partition coefficient (Wildman–Crippen LogP) is 2.10. The quantitative estimate of drug-likeness (QED) is 0.932. The Morgan fingerprint density at radius 3 is 2.95 bits per heavy atom. The number of aryl methyl sites for hydroxylation is 1. The Kier molecular flexibility index (Phi) is 3.57. The number of hydrogen-bond donors (Lipinski definition) is 1. The molecular formula is C15H18N6. The first-order valence-corrected chi connectivity index (χ1v) is 7.22. The number of nitrogens with zero attached hydrogens (tertiary/aromatic N) is 5. The third kappa shape index (κ3) is 2.87. The Labute approximate surface area is 123 Å². The number of anilines is 1. The SMILES string of the molecule is CC(C)c1nc2n(n1)C[C@H](Nc1ccc(C#N)cn1)CC2. The molecule has 3 heterocycles. The van der Waals surface area contributed by atoms with Crippen LogP contribution in [-0.2, 0) is 13.0 Å². The predicted molar refractivity (Wildman–Crippen MR) is 78.8 cm³/mol. The van der Waals surface area contributed by atoms with Crippen molar-refractivity contribution in [3.05, 3.63) is 35.5 Å². The van der Waals surface area contributed by atoms with Crippen LogP contribution in [0, 0.1) is 11.3 Å². The summed E-state index contributed by atoms with van der Waals surface area (Å²) >= 11 is 0. The number of hydrogen-bond acceptors (Lipinski definition) is 5. The Balaban J connectivity index is 1.69. The Bertz CT molecular complexity index is 664. The fourth-order valence-corrected chi connectivity index (χ4v) is 2.45. The third-order valence-electron chi connectivity index (χ3n) is 3.64. The van der Waals surface area contributed by atoms with E-state index in [1.807, 2.05) is 10.7 Å². The molecule has 3 rings (SSSR count). The van der Waals surface area contributed by atoms with Gasteiger partial charge in [-0.1, -0.05) is 13.8 Å². The van der Waals surface area contributed by atoms with Crippen molar-refractivity contribution in [1.82, 2.24) is 19.7 Å². The minimum atomic E-state index is 0.291. The number of fused-ring (bicyclic) bond motifs is 1. The monoisotopic (exact) mass is 282 g/mol. The highest BCUT2D eigenvalue weighted by molar-refractivity contribution is 5.39. The first-order chi connectivity index (χ1) is 10.2. The minimum absolute atomic E-state index is 0.291. The van der Waals surface area contributed by atoms with E-state index >= 15 is 0 Å². The molecule has 1 atom stereocenters. The molecular weight excluding hydrogens is 264 g/mol. The van der Waals surface area contributed by atoms with Crippen LogP contribution >= 0.6 is 0 Å². The second kappa shape index (κ2) is 5.52. The first kappa shape index (κ1) is 13.6. The summed E-state index contributed by atoms with van der Waals surface area (Å²) < 4.78 is 2.00. The Hall–Kier alpha value is -2.42. The summed E-state index contributed by atoms with van der Waals surface area (Å²) in [5.41, 5.74) is 0.573. The van der Waals surface area contributed by atoms with Crippen molar-refractivity contribution < 1.29 is 0 Å². The van der Waals surface area contributed by atoms with Crippen molar-refractivity contribution in [3.63, 3.8) is 0 Å². The van der Waals surface area contributed by atoms with Crippen molar-refractivity contribution in [2.24, 2.45) is 0 Å². The van der Waals surface area contributed by atoms with E-state index in [4.69, 9.17) is 5.26 Å². The topological polar surface area (TPSA) is 79.4 Å². The molecule has 6 heteroatoms. The highest BCUT2D eigenvalue weighted by atomic mass is 15.4. The van der Waals surface area contributed by atoms with Crippen molar-refractivity contribution in [3.8, 4) is 6.07 Å². The standard InChI is InChI=1S/C15H18N6/c1-10(2)15-19-14-6-4-12(9-21(14)20-15)18-13-5-3-11(7-16)8-17-13/h3,5,8,10,12H,4,6,9H2,1-2H3,(H,17,18)/t12-/m1/s1. The average Bonchev–Trinajstić information content (AvgIpc) is 2.91. The zero-order valence-corrected chi connectivity index (χ0v) is 12.2. The minimum Gasteiger partial charge on any atom is -0.365 e. The van der Waals surface area contributed by atoms with Crippen LogP contribution in [0.25, 0.3) is 0 Å². The smallest absolute Gasteiger partial charge is 0.153 e. The number of rotatable bonds is 3. The molecule has 21 heavy (non-hydrogen) atoms. The molecule has 0 unspecified atom stereocenters. The van der Waals surface area contributed by atoms with Gasteiger partial charge in [-0.3, -0.25) is 0 Å². The van der Waals surface area contributed by atoms with Crippen LogP contribution in [0.2, 0.25) is 0 Å². The van der Waals surface area contributed by atoms with E-state index in [2.05, 4.69) is 40.3 Å². The maximum atomic E-state index is 8.78. The molecule has 0 saturated carbocycles. The number of aromatic nitrogens is 4. The van der Waals surface area contributed by atoms with E-state index in [1.54, 1.807) is 12.3 Å². The van der Waals surface area contributed by atoms with Crippen molar-refractivity contribution >= 4 is 5.82 Å². The highest BCUT2D eigenvalue weighted by Crippen LogP contribution is 2.19. The maximum absolute atomic E-state index is 8.78. The molecule has 0 radical (unpaired) electrons. The van der Waals surface area contributed by atoms with Gasteiger partial charge in [0.05, 0.1) is 12.1 Å². The van der Waals surface area contributed by atoms with Crippen LogP contribution in [0.5, 0.6) is 0 Å². The third-order valence-corrected chi connectivity index (χ3v) is 3.64. The molecule has 1 N–H and O–H groups in total. The number of pyridine rings is 1. The fraction of sp³-hybridized carbons (Fsp3) is 0.467. The molecule has 2 aromatic heterocycles. The van der Waals surface area contributed by atoms with Crippen LogP contribution in [0.1, 0.15) is 43.4 Å². The molecule has 0 aliphatic carbocycles. The van der Waals surface area contributed by atoms with E-state index in [0.29, 0.717) is 17.5 Å². The van der Waals surface area contributed by atoms with Crippen molar-refractivity contribution in [2.75, 3.05) is 5.32 Å². The Morgan fingerprint density at radius 2 is 2.29 bits per heavy atom. The van der Waals surface area contributed by atoms with Gasteiger partial charge in [-0.25, -0.2) is 14.6 Å². The summed E-state index contributed by atoms with van der Waals surface area (Å²) in [4.78, 5) is 8.84. The molecule has 0 amide bonds. The van der Waals surface area contributed by atoms with E-state index in [-0.39, 0.29) is 0 Å². The van der Waals surface area contributed by atoms with E-state index < -0.39 is 0 Å². The van der Waals surface area contributed by atoms with Gasteiger partial charge in [0, 0.05) is 24.6 Å². The molecule has 108 valence electrons. The lowest BCUT2D eigenvalue weighted by Gasteiger charge is -2.23. The fourth-order valence-electron chi connectivity index (χ4n) is 2.45. The molecule has 1 aliphatic rings. The Morgan fingerprint density at radius 1 is 1.43 bits per heavy atom. The summed E-state index contributed by atoms with van der Waals surface area (Å²) in [5, 5.41) is 16.8. The summed E-state index contributed by atoms with van der Waals surface area (Å²) in [7, 11) is 0. The van der Waals surface area contributed by atoms with Gasteiger partial charge in [-0.15, -0.1) is 0 Å². The van der Waals surface area contributed by atoms with Gasteiger partial charge in [-0.2, -0.15) is 10.4 Å². The molecule has 0 saturated heterocycles. The second-order valence-corrected chi connectivity index (χ2v) is 5.65. The second-order valence-electron chi connectivity index (χ2n) is 5.65. The summed E-state index contributed by atoms with van der Waals surface area (Å²) in [6.07, 6.45) is 3.52. The molecule has 6 nitrogen and oxygen atoms in total. The molecule has 0 fully saturated rings. The van der Waals surface area contributed by atoms with Crippen LogP contribution in [0.3, 0.4) is 0 Å². The van der Waals surface area contributed by atoms with Gasteiger partial charge < -0.3 is 5.32 Å². The summed E-state index contributed by atoms with van der Waals surface area (Å²) in [5.74, 6) is 3.15. The normalized spacial score (nSPS) is 17.3. The lowest BCUT2D eigenvalue weighted by Crippen LogP contribution is -2.32. The molecule has 0 bridgehead atoms. The summed E-state index contributed by atoms with van der Waals surface area (Å²) in [6.45, 7) is 5.02. The van der Waals surface area contributed by atoms with Gasteiger partial charge in [0.1, 0.15) is 17.7 Å². The van der Waals surface area contributed by atoms with Gasteiger partial charge in [0.25, 0.3) is 0 Å². The van der Waals surface area contributed by atoms with E-state index in [9.17, 15) is 0 Å². The molecule has 0 spiro atoms. The lowest BCUT2D eigenvalue weighted by atomic mass is 10.1. The van der Waals surface area contributed by atoms with Crippen LogP contribution in [-0.4, -0.2) is 25.8 Å². The van der Waals surface area contributed by atoms with E-state index in [1.165, 1.54) is 0 Å². The maximum Gasteiger partial charge on any atom is 0.153 e. The lowest BCUT2D eigenvalue weighted by molar-refractivity contribution is 0.439. The molecule has 1 aliphatic heterocycles. The van der Waals surface area contributed by atoms with Crippen LogP contribution < -0.4 is 5.32 Å². The average molecular weight is 282 g/mol. The van der Waals surface area contributed by atoms with Gasteiger partial charge in [0.2, 0.25) is 0 Å². The van der Waals surface area contributed by atoms with Crippen LogP contribution in [0.15, 0.2) is 18.3 Å². The first-order valence-electron chi connectivity index (χ1n) is 7.22. The molecule has 2 aromatic rings.